The second kappa shape index (κ2) is 8.86. The van der Waals surface area contributed by atoms with Crippen molar-refractivity contribution >= 4 is 28.3 Å². The van der Waals surface area contributed by atoms with Crippen LogP contribution in [0.5, 0.6) is 11.5 Å². The number of amides is 1. The Bertz CT molecular complexity index is 1050. The summed E-state index contributed by atoms with van der Waals surface area (Å²) in [5.74, 6) is 2.21. The molecule has 4 heterocycles. The fraction of sp³-hybridized carbons (Fsp3) is 0.333. The van der Waals surface area contributed by atoms with E-state index in [-0.39, 0.29) is 12.7 Å². The first kappa shape index (κ1) is 19.7. The van der Waals surface area contributed by atoms with Gasteiger partial charge in [0.15, 0.2) is 16.6 Å². The summed E-state index contributed by atoms with van der Waals surface area (Å²) in [4.78, 5) is 29.7. The second-order valence-electron chi connectivity index (χ2n) is 7.36. The molecule has 1 fully saturated rings. The van der Waals surface area contributed by atoms with Crippen molar-refractivity contribution in [2.24, 2.45) is 0 Å². The summed E-state index contributed by atoms with van der Waals surface area (Å²) in [6.45, 7) is 4.25. The monoisotopic (exact) mass is 438 g/mol. The summed E-state index contributed by atoms with van der Waals surface area (Å²) >= 11 is 1.44. The predicted molar refractivity (Wildman–Crippen MR) is 116 cm³/mol. The smallest absolute Gasteiger partial charge is 0.231 e. The summed E-state index contributed by atoms with van der Waals surface area (Å²) in [6, 6.07) is 7.82. The molecule has 0 radical (unpaired) electrons. The van der Waals surface area contributed by atoms with Crippen LogP contribution < -0.4 is 14.8 Å². The number of rotatable bonds is 6. The fourth-order valence-corrected chi connectivity index (χ4v) is 4.33. The number of fused-ring (bicyclic) bond motifs is 1. The van der Waals surface area contributed by atoms with Gasteiger partial charge in [0.25, 0.3) is 0 Å². The first-order chi connectivity index (χ1) is 15.2. The summed E-state index contributed by atoms with van der Waals surface area (Å²) < 4.78 is 10.8. The summed E-state index contributed by atoms with van der Waals surface area (Å²) in [5, 5.41) is 5.64. The number of aromatic nitrogens is 3. The molecule has 0 unspecified atom stereocenters. The van der Waals surface area contributed by atoms with Crippen LogP contribution in [-0.4, -0.2) is 63.6 Å². The lowest BCUT2D eigenvalue weighted by Gasteiger charge is -2.34. The molecule has 2 aromatic heterocycles. The maximum absolute atomic E-state index is 12.7. The van der Waals surface area contributed by atoms with Crippen LogP contribution in [0.2, 0.25) is 0 Å². The highest BCUT2D eigenvalue weighted by Gasteiger charge is 2.23. The van der Waals surface area contributed by atoms with E-state index in [2.05, 4.69) is 31.2 Å². The molecule has 1 aromatic carbocycles. The van der Waals surface area contributed by atoms with Gasteiger partial charge in [0.1, 0.15) is 0 Å². The fourth-order valence-electron chi connectivity index (χ4n) is 3.62. The molecule has 0 aliphatic carbocycles. The van der Waals surface area contributed by atoms with E-state index < -0.39 is 0 Å². The molecule has 31 heavy (non-hydrogen) atoms. The SMILES string of the molecule is O=C(Cc1csc(Nc2ncccn2)n1)N1CCN(Cc2ccc3c(c2)OCO3)CC1. The Kier molecular flexibility index (Phi) is 5.63. The van der Waals surface area contributed by atoms with Gasteiger partial charge in [0, 0.05) is 50.5 Å². The van der Waals surface area contributed by atoms with Gasteiger partial charge in [-0.25, -0.2) is 15.0 Å². The Morgan fingerprint density at radius 1 is 1.10 bits per heavy atom. The highest BCUT2D eigenvalue weighted by Crippen LogP contribution is 2.32. The molecular formula is C21H22N6O3S. The summed E-state index contributed by atoms with van der Waals surface area (Å²) in [6.07, 6.45) is 3.63. The Labute approximate surface area is 183 Å². The molecule has 2 aliphatic heterocycles. The van der Waals surface area contributed by atoms with Gasteiger partial charge >= 0.3 is 0 Å². The average molecular weight is 439 g/mol. The predicted octanol–water partition coefficient (Wildman–Crippen LogP) is 2.29. The quantitative estimate of drug-likeness (QED) is 0.627. The zero-order valence-corrected chi connectivity index (χ0v) is 17.7. The van der Waals surface area contributed by atoms with Crippen LogP contribution in [0.15, 0.2) is 42.0 Å². The molecular weight excluding hydrogens is 416 g/mol. The minimum Gasteiger partial charge on any atom is -0.454 e. The third-order valence-corrected chi connectivity index (χ3v) is 6.04. The summed E-state index contributed by atoms with van der Waals surface area (Å²) in [7, 11) is 0. The van der Waals surface area contributed by atoms with Gasteiger partial charge in [-0.2, -0.15) is 0 Å². The standard InChI is InChI=1S/C21H22N6O3S/c28-19(11-16-13-31-21(24-16)25-20-22-4-1-5-23-20)27-8-6-26(7-9-27)12-15-2-3-17-18(10-15)30-14-29-17/h1-5,10,13H,6-9,11-12,14H2,(H,22,23,24,25). The minimum atomic E-state index is 0.107. The topological polar surface area (TPSA) is 92.7 Å². The molecule has 0 spiro atoms. The van der Waals surface area contributed by atoms with Crippen molar-refractivity contribution in [3.8, 4) is 11.5 Å². The molecule has 0 atom stereocenters. The van der Waals surface area contributed by atoms with Crippen LogP contribution in [0.1, 0.15) is 11.3 Å². The molecule has 9 nitrogen and oxygen atoms in total. The Morgan fingerprint density at radius 3 is 2.74 bits per heavy atom. The van der Waals surface area contributed by atoms with E-state index in [9.17, 15) is 4.79 Å². The minimum absolute atomic E-state index is 0.107. The van der Waals surface area contributed by atoms with Crippen LogP contribution >= 0.6 is 11.3 Å². The van der Waals surface area contributed by atoms with Crippen LogP contribution in [0.3, 0.4) is 0 Å². The number of piperazine rings is 1. The number of carbonyl (C=O) groups excluding carboxylic acids is 1. The van der Waals surface area contributed by atoms with E-state index >= 15 is 0 Å². The highest BCUT2D eigenvalue weighted by atomic mass is 32.1. The maximum Gasteiger partial charge on any atom is 0.231 e. The molecule has 0 bridgehead atoms. The number of hydrogen-bond acceptors (Lipinski definition) is 9. The zero-order chi connectivity index (χ0) is 21.0. The van der Waals surface area contributed by atoms with Crippen LogP contribution in [0.4, 0.5) is 11.1 Å². The van der Waals surface area contributed by atoms with Gasteiger partial charge in [-0.3, -0.25) is 9.69 Å². The van der Waals surface area contributed by atoms with Crippen molar-refractivity contribution in [1.29, 1.82) is 0 Å². The highest BCUT2D eigenvalue weighted by molar-refractivity contribution is 7.13. The van der Waals surface area contributed by atoms with Crippen molar-refractivity contribution in [1.82, 2.24) is 24.8 Å². The molecule has 2 aliphatic rings. The van der Waals surface area contributed by atoms with E-state index in [4.69, 9.17) is 9.47 Å². The van der Waals surface area contributed by atoms with E-state index in [1.54, 1.807) is 18.5 Å². The van der Waals surface area contributed by atoms with Crippen molar-refractivity contribution < 1.29 is 14.3 Å². The van der Waals surface area contributed by atoms with Gasteiger partial charge in [-0.05, 0) is 23.8 Å². The van der Waals surface area contributed by atoms with E-state index in [0.717, 1.165) is 49.9 Å². The molecule has 1 saturated heterocycles. The number of carbonyl (C=O) groups is 1. The van der Waals surface area contributed by atoms with Crippen molar-refractivity contribution in [2.75, 3.05) is 38.3 Å². The molecule has 0 saturated carbocycles. The van der Waals surface area contributed by atoms with Crippen LogP contribution in [0.25, 0.3) is 0 Å². The van der Waals surface area contributed by atoms with Crippen LogP contribution in [-0.2, 0) is 17.8 Å². The van der Waals surface area contributed by atoms with Gasteiger partial charge in [0.05, 0.1) is 12.1 Å². The first-order valence-corrected chi connectivity index (χ1v) is 11.0. The van der Waals surface area contributed by atoms with Gasteiger partial charge in [-0.1, -0.05) is 6.07 Å². The molecule has 160 valence electrons. The van der Waals surface area contributed by atoms with Crippen LogP contribution in [0, 0.1) is 0 Å². The van der Waals surface area contributed by atoms with E-state index in [1.807, 2.05) is 22.4 Å². The Hall–Kier alpha value is -3.24. The van der Waals surface area contributed by atoms with Crippen molar-refractivity contribution in [2.45, 2.75) is 13.0 Å². The molecule has 1 N–H and O–H groups in total. The lowest BCUT2D eigenvalue weighted by molar-refractivity contribution is -0.132. The van der Waals surface area contributed by atoms with Gasteiger partial charge in [-0.15, -0.1) is 11.3 Å². The number of nitrogens with one attached hydrogen (secondary N) is 1. The van der Waals surface area contributed by atoms with Gasteiger partial charge < -0.3 is 19.7 Å². The summed E-state index contributed by atoms with van der Waals surface area (Å²) in [5.41, 5.74) is 1.95. The Morgan fingerprint density at radius 2 is 1.90 bits per heavy atom. The van der Waals surface area contributed by atoms with E-state index in [1.165, 1.54) is 16.9 Å². The number of nitrogens with zero attached hydrogens (tertiary/aromatic N) is 5. The normalized spacial score (nSPS) is 15.8. The number of thiazole rings is 1. The van der Waals surface area contributed by atoms with Gasteiger partial charge in [0.2, 0.25) is 18.6 Å². The van der Waals surface area contributed by atoms with E-state index in [0.29, 0.717) is 17.5 Å². The number of benzene rings is 1. The number of hydrogen-bond donors (Lipinski definition) is 1. The Balaban J connectivity index is 1.10. The number of anilines is 2. The largest absolute Gasteiger partial charge is 0.454 e. The third kappa shape index (κ3) is 4.75. The number of ether oxygens (including phenoxy) is 2. The van der Waals surface area contributed by atoms with Crippen molar-refractivity contribution in [3.63, 3.8) is 0 Å². The maximum atomic E-state index is 12.7. The molecule has 5 rings (SSSR count). The average Bonchev–Trinajstić information content (AvgIpc) is 3.44. The molecule has 10 heteroatoms. The van der Waals surface area contributed by atoms with Crippen molar-refractivity contribution in [3.05, 3.63) is 53.3 Å². The second-order valence-corrected chi connectivity index (χ2v) is 8.22. The first-order valence-electron chi connectivity index (χ1n) is 10.1. The lowest BCUT2D eigenvalue weighted by atomic mass is 10.1. The molecule has 3 aromatic rings. The third-order valence-electron chi connectivity index (χ3n) is 5.24. The zero-order valence-electron chi connectivity index (χ0n) is 16.9. The molecule has 1 amide bonds. The lowest BCUT2D eigenvalue weighted by Crippen LogP contribution is -2.48.